The first-order valence-electron chi connectivity index (χ1n) is 11.3. The second-order valence-electron chi connectivity index (χ2n) is 8.28. The third kappa shape index (κ3) is 6.15. The number of carboxylic acid groups (broad SMARTS) is 1. The summed E-state index contributed by atoms with van der Waals surface area (Å²) in [5.41, 5.74) is 2.70. The summed E-state index contributed by atoms with van der Waals surface area (Å²) in [6.07, 6.45) is 3.84. The lowest BCUT2D eigenvalue weighted by Gasteiger charge is -2.26. The molecule has 4 aromatic rings. The molecule has 0 fully saturated rings. The van der Waals surface area contributed by atoms with E-state index in [4.69, 9.17) is 0 Å². The maximum absolute atomic E-state index is 15.0. The van der Waals surface area contributed by atoms with Crippen molar-refractivity contribution < 1.29 is 14.3 Å². The van der Waals surface area contributed by atoms with Crippen LogP contribution >= 0.6 is 0 Å². The summed E-state index contributed by atoms with van der Waals surface area (Å²) < 4.78 is 15.0. The third-order valence-electron chi connectivity index (χ3n) is 5.63. The molecule has 11 nitrogen and oxygen atoms in total. The van der Waals surface area contributed by atoms with Gasteiger partial charge < -0.3 is 21.1 Å². The number of aromatic nitrogens is 5. The molecule has 0 bridgehead atoms. The summed E-state index contributed by atoms with van der Waals surface area (Å²) in [5, 5.41) is 35.5. The van der Waals surface area contributed by atoms with E-state index in [1.165, 1.54) is 4.80 Å². The number of nitriles is 1. The van der Waals surface area contributed by atoms with Gasteiger partial charge in [-0.2, -0.15) is 15.5 Å². The van der Waals surface area contributed by atoms with Gasteiger partial charge in [0, 0.05) is 6.04 Å². The number of amides is 1. The van der Waals surface area contributed by atoms with Crippen LogP contribution in [0.3, 0.4) is 0 Å². The molecule has 12 heteroatoms. The van der Waals surface area contributed by atoms with Crippen molar-refractivity contribution >= 4 is 23.4 Å². The van der Waals surface area contributed by atoms with E-state index in [0.29, 0.717) is 23.5 Å². The van der Waals surface area contributed by atoms with Gasteiger partial charge >= 0.3 is 6.09 Å². The summed E-state index contributed by atoms with van der Waals surface area (Å²) in [4.78, 5) is 21.4. The van der Waals surface area contributed by atoms with Gasteiger partial charge in [-0.25, -0.2) is 14.2 Å². The molecule has 0 aliphatic carbocycles. The fraction of sp³-hybridized carbons (Fsp3) is 0.200. The molecule has 0 saturated carbocycles. The van der Waals surface area contributed by atoms with Gasteiger partial charge in [0.2, 0.25) is 0 Å². The lowest BCUT2D eigenvalue weighted by atomic mass is 10.0. The number of carbonyl (C=O) groups is 1. The predicted molar refractivity (Wildman–Crippen MR) is 134 cm³/mol. The first kappa shape index (κ1) is 25.1. The van der Waals surface area contributed by atoms with Gasteiger partial charge in [0.25, 0.3) is 0 Å². The number of nitrogens with one attached hydrogen (secondary N) is 3. The molecule has 188 valence electrons. The molecule has 1 aromatic carbocycles. The third-order valence-corrected chi connectivity index (χ3v) is 5.63. The average molecular weight is 502 g/mol. The zero-order chi connectivity index (χ0) is 26.4. The van der Waals surface area contributed by atoms with Crippen molar-refractivity contribution in [2.24, 2.45) is 0 Å². The van der Waals surface area contributed by atoms with E-state index in [0.717, 1.165) is 11.6 Å². The zero-order valence-electron chi connectivity index (χ0n) is 20.1. The van der Waals surface area contributed by atoms with E-state index >= 15 is 4.39 Å². The Morgan fingerprint density at radius 1 is 1.19 bits per heavy atom. The summed E-state index contributed by atoms with van der Waals surface area (Å²) in [5.74, 6) is -0.768. The maximum atomic E-state index is 15.0. The van der Waals surface area contributed by atoms with Crippen LogP contribution < -0.4 is 16.0 Å². The Labute approximate surface area is 212 Å². The number of benzene rings is 1. The number of aryl methyl sites for hydroxylation is 1. The molecule has 0 aliphatic heterocycles. The molecular weight excluding hydrogens is 477 g/mol. The Morgan fingerprint density at radius 2 is 1.92 bits per heavy atom. The number of anilines is 3. The molecule has 3 heterocycles. The molecular formula is C25H24FN9O2. The number of rotatable bonds is 9. The van der Waals surface area contributed by atoms with Crippen molar-refractivity contribution in [2.75, 3.05) is 10.6 Å². The van der Waals surface area contributed by atoms with Gasteiger partial charge in [-0.05, 0) is 38.0 Å². The summed E-state index contributed by atoms with van der Waals surface area (Å²) >= 11 is 0. The number of pyridine rings is 2. The monoisotopic (exact) mass is 501 g/mol. The number of halogens is 1. The Kier molecular flexibility index (Phi) is 7.53. The summed E-state index contributed by atoms with van der Waals surface area (Å²) in [6.45, 7) is 3.48. The highest BCUT2D eigenvalue weighted by molar-refractivity contribution is 5.67. The van der Waals surface area contributed by atoms with Crippen molar-refractivity contribution in [3.63, 3.8) is 0 Å². The van der Waals surface area contributed by atoms with E-state index in [1.807, 2.05) is 36.4 Å². The van der Waals surface area contributed by atoms with Crippen molar-refractivity contribution in [2.45, 2.75) is 32.4 Å². The minimum atomic E-state index is -1.20. The van der Waals surface area contributed by atoms with Crippen LogP contribution in [0.1, 0.15) is 23.7 Å². The molecule has 4 rings (SSSR count). The summed E-state index contributed by atoms with van der Waals surface area (Å²) in [7, 11) is 0. The van der Waals surface area contributed by atoms with Gasteiger partial charge in [-0.3, -0.25) is 4.98 Å². The van der Waals surface area contributed by atoms with Crippen LogP contribution in [0.15, 0.2) is 61.1 Å². The molecule has 4 N–H and O–H groups in total. The first-order chi connectivity index (χ1) is 17.8. The number of hydrogen-bond donors (Lipinski definition) is 4. The lowest BCUT2D eigenvalue weighted by Crippen LogP contribution is -2.45. The normalized spacial score (nSPS) is 12.3. The second kappa shape index (κ2) is 11.1. The minimum Gasteiger partial charge on any atom is -0.465 e. The lowest BCUT2D eigenvalue weighted by molar-refractivity contribution is 0.189. The SMILES string of the molecule is Cc1ncc(Nc2nc(N[C@H](Cc3ccccc3)[C@H](C)NC(=O)O)c(F)cc2C#N)cc1-n1nccn1. The summed E-state index contributed by atoms with van der Waals surface area (Å²) in [6, 6.07) is 13.0. The Morgan fingerprint density at radius 3 is 2.59 bits per heavy atom. The zero-order valence-corrected chi connectivity index (χ0v) is 20.1. The van der Waals surface area contributed by atoms with Crippen LogP contribution in [-0.2, 0) is 6.42 Å². The van der Waals surface area contributed by atoms with Gasteiger partial charge in [-0.1, -0.05) is 30.3 Å². The molecule has 1 amide bonds. The molecule has 0 radical (unpaired) electrons. The van der Waals surface area contributed by atoms with Crippen LogP contribution in [0.2, 0.25) is 0 Å². The Bertz CT molecular complexity index is 1420. The van der Waals surface area contributed by atoms with Crippen LogP contribution in [0.5, 0.6) is 0 Å². The van der Waals surface area contributed by atoms with Crippen molar-refractivity contribution in [1.29, 1.82) is 5.26 Å². The predicted octanol–water partition coefficient (Wildman–Crippen LogP) is 3.80. The highest BCUT2D eigenvalue weighted by Gasteiger charge is 2.23. The van der Waals surface area contributed by atoms with Gasteiger partial charge in [0.15, 0.2) is 17.5 Å². The van der Waals surface area contributed by atoms with Crippen LogP contribution in [0, 0.1) is 24.1 Å². The molecule has 0 aliphatic rings. The number of nitrogens with zero attached hydrogens (tertiary/aromatic N) is 6. The Balaban J connectivity index is 1.65. The standard InChI is InChI=1S/C25H24FN9O2/c1-15(31-25(36)37)21(10-17-6-4-3-5-7-17)33-24-20(26)11-18(13-27)23(34-24)32-19-12-22(16(2)28-14-19)35-29-8-9-30-35/h3-9,11-12,14-15,21,31H,10H2,1-2H3,(H,36,37)(H2,32,33,34)/t15-,21+/m0/s1. The highest BCUT2D eigenvalue weighted by Crippen LogP contribution is 2.26. The van der Waals surface area contributed by atoms with Gasteiger partial charge in [0.05, 0.1) is 41.6 Å². The number of hydrogen-bond acceptors (Lipinski definition) is 8. The van der Waals surface area contributed by atoms with E-state index in [2.05, 4.69) is 36.1 Å². The van der Waals surface area contributed by atoms with E-state index in [1.54, 1.807) is 38.5 Å². The minimum absolute atomic E-state index is 0.0151. The van der Waals surface area contributed by atoms with Crippen LogP contribution in [-0.4, -0.2) is 48.2 Å². The molecule has 3 aromatic heterocycles. The molecule has 2 atom stereocenters. The quantitative estimate of drug-likeness (QED) is 0.268. The van der Waals surface area contributed by atoms with Gasteiger partial charge in [0.1, 0.15) is 11.8 Å². The smallest absolute Gasteiger partial charge is 0.404 e. The van der Waals surface area contributed by atoms with Crippen molar-refractivity contribution in [3.8, 4) is 11.8 Å². The molecule has 0 spiro atoms. The topological polar surface area (TPSA) is 154 Å². The van der Waals surface area contributed by atoms with E-state index in [9.17, 15) is 15.2 Å². The average Bonchev–Trinajstić information content (AvgIpc) is 3.41. The van der Waals surface area contributed by atoms with E-state index < -0.39 is 24.0 Å². The molecule has 0 unspecified atom stereocenters. The first-order valence-corrected chi connectivity index (χ1v) is 11.3. The van der Waals surface area contributed by atoms with Crippen molar-refractivity contribution in [3.05, 3.63) is 83.7 Å². The largest absolute Gasteiger partial charge is 0.465 e. The van der Waals surface area contributed by atoms with Crippen molar-refractivity contribution in [1.82, 2.24) is 30.3 Å². The van der Waals surface area contributed by atoms with Crippen LogP contribution in [0.25, 0.3) is 5.69 Å². The molecule has 0 saturated heterocycles. The highest BCUT2D eigenvalue weighted by atomic mass is 19.1. The fourth-order valence-electron chi connectivity index (χ4n) is 3.73. The maximum Gasteiger partial charge on any atom is 0.404 e. The second-order valence-corrected chi connectivity index (χ2v) is 8.28. The fourth-order valence-corrected chi connectivity index (χ4v) is 3.73. The van der Waals surface area contributed by atoms with E-state index in [-0.39, 0.29) is 17.2 Å². The molecule has 37 heavy (non-hydrogen) atoms. The Hall–Kier alpha value is -5.05. The van der Waals surface area contributed by atoms with Crippen LogP contribution in [0.4, 0.5) is 26.5 Å². The van der Waals surface area contributed by atoms with Gasteiger partial charge in [-0.15, -0.1) is 4.80 Å².